The second kappa shape index (κ2) is 8.55. The van der Waals surface area contributed by atoms with Gasteiger partial charge in [0.2, 0.25) is 5.91 Å². The van der Waals surface area contributed by atoms with E-state index >= 15 is 0 Å². The van der Waals surface area contributed by atoms with E-state index in [4.69, 9.17) is 4.74 Å². The van der Waals surface area contributed by atoms with Gasteiger partial charge in [-0.3, -0.25) is 4.79 Å². The molecule has 0 aromatic carbocycles. The first-order valence-electron chi connectivity index (χ1n) is 7.89. The van der Waals surface area contributed by atoms with E-state index in [1.807, 2.05) is 43.7 Å². The van der Waals surface area contributed by atoms with Crippen LogP contribution in [0.3, 0.4) is 0 Å². The Bertz CT molecular complexity index is 705. The molecule has 0 aliphatic rings. The fourth-order valence-electron chi connectivity index (χ4n) is 2.05. The lowest BCUT2D eigenvalue weighted by Crippen LogP contribution is -2.42. The number of hydrogen-bond acceptors (Lipinski definition) is 6. The van der Waals surface area contributed by atoms with Crippen LogP contribution >= 0.6 is 22.7 Å². The molecule has 0 saturated carbocycles. The third-order valence-corrected chi connectivity index (χ3v) is 5.13. The van der Waals surface area contributed by atoms with Crippen LogP contribution in [-0.4, -0.2) is 40.2 Å². The predicted octanol–water partition coefficient (Wildman–Crippen LogP) is 3.19. The normalized spacial score (nSPS) is 12.8. The van der Waals surface area contributed by atoms with E-state index in [2.05, 4.69) is 10.3 Å². The summed E-state index contributed by atoms with van der Waals surface area (Å²) in [4.78, 5) is 28.9. The number of carboxylic acid groups (broad SMARTS) is 1. The molecule has 0 radical (unpaired) electrons. The van der Waals surface area contributed by atoms with Crippen molar-refractivity contribution in [2.45, 2.75) is 45.3 Å². The number of carboxylic acids is 1. The smallest absolute Gasteiger partial charge is 0.326 e. The molecule has 0 saturated heterocycles. The van der Waals surface area contributed by atoms with Gasteiger partial charge >= 0.3 is 5.97 Å². The third-order valence-electron chi connectivity index (χ3n) is 3.20. The SMILES string of the molecule is CC(C)(C)OCCC(NC(=O)Cc1csc(-c2cccs2)n1)C(=O)O. The number of rotatable bonds is 8. The average molecular weight is 383 g/mol. The molecule has 6 nitrogen and oxygen atoms in total. The van der Waals surface area contributed by atoms with Gasteiger partial charge in [-0.25, -0.2) is 9.78 Å². The Kier molecular flexibility index (Phi) is 6.69. The quantitative estimate of drug-likeness (QED) is 0.732. The summed E-state index contributed by atoms with van der Waals surface area (Å²) in [6.45, 7) is 5.96. The number of aromatic nitrogens is 1. The molecule has 1 amide bonds. The number of nitrogens with zero attached hydrogens (tertiary/aromatic N) is 1. The second-order valence-electron chi connectivity index (χ2n) is 6.51. The minimum Gasteiger partial charge on any atom is -0.480 e. The van der Waals surface area contributed by atoms with Gasteiger partial charge in [-0.05, 0) is 32.2 Å². The Labute approximate surface area is 154 Å². The molecule has 1 atom stereocenters. The minimum atomic E-state index is -1.07. The van der Waals surface area contributed by atoms with Gasteiger partial charge in [0.05, 0.1) is 22.6 Å². The van der Waals surface area contributed by atoms with Crippen molar-refractivity contribution >= 4 is 34.6 Å². The highest BCUT2D eigenvalue weighted by Gasteiger charge is 2.21. The van der Waals surface area contributed by atoms with Crippen molar-refractivity contribution in [3.63, 3.8) is 0 Å². The van der Waals surface area contributed by atoms with Crippen molar-refractivity contribution in [2.24, 2.45) is 0 Å². The Morgan fingerprint density at radius 2 is 2.12 bits per heavy atom. The van der Waals surface area contributed by atoms with Crippen molar-refractivity contribution in [3.8, 4) is 9.88 Å². The van der Waals surface area contributed by atoms with E-state index in [0.29, 0.717) is 5.69 Å². The van der Waals surface area contributed by atoms with Crippen molar-refractivity contribution in [2.75, 3.05) is 6.61 Å². The second-order valence-corrected chi connectivity index (χ2v) is 8.31. The molecule has 1 unspecified atom stereocenters. The summed E-state index contributed by atoms with van der Waals surface area (Å²) in [6.07, 6.45) is 0.279. The summed E-state index contributed by atoms with van der Waals surface area (Å²) in [5.41, 5.74) is 0.298. The summed E-state index contributed by atoms with van der Waals surface area (Å²) in [6, 6.07) is 2.96. The molecule has 2 heterocycles. The summed E-state index contributed by atoms with van der Waals surface area (Å²) >= 11 is 3.06. The van der Waals surface area contributed by atoms with Crippen LogP contribution in [0.15, 0.2) is 22.9 Å². The van der Waals surface area contributed by atoms with E-state index in [0.717, 1.165) is 9.88 Å². The molecule has 0 bridgehead atoms. The van der Waals surface area contributed by atoms with E-state index in [1.165, 1.54) is 11.3 Å². The number of amides is 1. The number of carbonyl (C=O) groups excluding carboxylic acids is 1. The van der Waals surface area contributed by atoms with Gasteiger partial charge in [0, 0.05) is 18.4 Å². The van der Waals surface area contributed by atoms with Crippen LogP contribution in [0.4, 0.5) is 0 Å². The van der Waals surface area contributed by atoms with Gasteiger partial charge in [0.25, 0.3) is 0 Å². The largest absolute Gasteiger partial charge is 0.480 e. The highest BCUT2D eigenvalue weighted by atomic mass is 32.1. The Morgan fingerprint density at radius 3 is 2.72 bits per heavy atom. The Morgan fingerprint density at radius 1 is 1.36 bits per heavy atom. The zero-order valence-electron chi connectivity index (χ0n) is 14.4. The van der Waals surface area contributed by atoms with E-state index in [-0.39, 0.29) is 31.0 Å². The predicted molar refractivity (Wildman–Crippen MR) is 99.0 cm³/mol. The van der Waals surface area contributed by atoms with Crippen molar-refractivity contribution in [1.82, 2.24) is 10.3 Å². The summed E-state index contributed by atoms with van der Waals surface area (Å²) < 4.78 is 5.53. The fraction of sp³-hybridized carbons (Fsp3) is 0.471. The Balaban J connectivity index is 1.87. The zero-order valence-corrected chi connectivity index (χ0v) is 16.1. The third kappa shape index (κ3) is 6.56. The lowest BCUT2D eigenvalue weighted by molar-refractivity contribution is -0.142. The van der Waals surface area contributed by atoms with Gasteiger partial charge < -0.3 is 15.2 Å². The maximum atomic E-state index is 12.1. The van der Waals surface area contributed by atoms with Crippen molar-refractivity contribution in [1.29, 1.82) is 0 Å². The molecular weight excluding hydrogens is 360 g/mol. The highest BCUT2D eigenvalue weighted by Crippen LogP contribution is 2.27. The van der Waals surface area contributed by atoms with Crippen LogP contribution in [0, 0.1) is 0 Å². The molecule has 0 aliphatic heterocycles. The van der Waals surface area contributed by atoms with Crippen molar-refractivity contribution in [3.05, 3.63) is 28.6 Å². The van der Waals surface area contributed by atoms with Gasteiger partial charge in [-0.15, -0.1) is 22.7 Å². The molecule has 136 valence electrons. The van der Waals surface area contributed by atoms with Crippen molar-refractivity contribution < 1.29 is 19.4 Å². The highest BCUT2D eigenvalue weighted by molar-refractivity contribution is 7.20. The molecule has 2 aromatic rings. The first-order valence-corrected chi connectivity index (χ1v) is 9.65. The number of aliphatic carboxylic acids is 1. The average Bonchev–Trinajstić information content (AvgIpc) is 3.15. The summed E-state index contributed by atoms with van der Waals surface area (Å²) in [5, 5.41) is 16.5. The molecule has 2 aromatic heterocycles. The molecule has 0 spiro atoms. The lowest BCUT2D eigenvalue weighted by atomic mass is 10.1. The topological polar surface area (TPSA) is 88.5 Å². The van der Waals surface area contributed by atoms with E-state index in [9.17, 15) is 14.7 Å². The number of nitrogens with one attached hydrogen (secondary N) is 1. The number of thiophene rings is 1. The maximum Gasteiger partial charge on any atom is 0.326 e. The number of thiazole rings is 1. The standard InChI is InChI=1S/C17H22N2O4S2/c1-17(2,3)23-7-6-12(16(21)22)19-14(20)9-11-10-25-15(18-11)13-5-4-8-24-13/h4-5,8,10,12H,6-7,9H2,1-3H3,(H,19,20)(H,21,22). The van der Waals surface area contributed by atoms with Crippen LogP contribution in [0.1, 0.15) is 32.9 Å². The molecule has 8 heteroatoms. The minimum absolute atomic E-state index is 0.0613. The number of ether oxygens (including phenoxy) is 1. The molecule has 2 rings (SSSR count). The van der Waals surface area contributed by atoms with Gasteiger partial charge in [0.15, 0.2) is 0 Å². The van der Waals surface area contributed by atoms with Gasteiger partial charge in [0.1, 0.15) is 11.0 Å². The molecule has 0 fully saturated rings. The molecule has 0 aliphatic carbocycles. The first-order chi connectivity index (χ1) is 11.7. The van der Waals surface area contributed by atoms with Crippen LogP contribution < -0.4 is 5.32 Å². The molecule has 2 N–H and O–H groups in total. The molecule has 25 heavy (non-hydrogen) atoms. The fourth-order valence-corrected chi connectivity index (χ4v) is 3.69. The van der Waals surface area contributed by atoms with Crippen LogP contribution in [0.2, 0.25) is 0 Å². The van der Waals surface area contributed by atoms with E-state index < -0.39 is 12.0 Å². The van der Waals surface area contributed by atoms with Crippen LogP contribution in [-0.2, 0) is 20.7 Å². The van der Waals surface area contributed by atoms with Crippen LogP contribution in [0.5, 0.6) is 0 Å². The van der Waals surface area contributed by atoms with E-state index in [1.54, 1.807) is 11.3 Å². The Hall–Kier alpha value is -1.77. The van der Waals surface area contributed by atoms with Gasteiger partial charge in [-0.1, -0.05) is 6.07 Å². The monoisotopic (exact) mass is 382 g/mol. The zero-order chi connectivity index (χ0) is 18.4. The van der Waals surface area contributed by atoms with Crippen LogP contribution in [0.25, 0.3) is 9.88 Å². The lowest BCUT2D eigenvalue weighted by Gasteiger charge is -2.21. The molecular formula is C17H22N2O4S2. The van der Waals surface area contributed by atoms with Gasteiger partial charge in [-0.2, -0.15) is 0 Å². The summed E-state index contributed by atoms with van der Waals surface area (Å²) in [7, 11) is 0. The summed E-state index contributed by atoms with van der Waals surface area (Å²) in [5.74, 6) is -1.42. The maximum absolute atomic E-state index is 12.1. The number of carbonyl (C=O) groups is 2. The number of hydrogen-bond donors (Lipinski definition) is 2. The first kappa shape index (κ1) is 19.6.